The Labute approximate surface area is 73.1 Å². The summed E-state index contributed by atoms with van der Waals surface area (Å²) in [7, 11) is -2.55. The zero-order valence-corrected chi connectivity index (χ0v) is 7.88. The van der Waals surface area contributed by atoms with Crippen LogP contribution in [0.25, 0.3) is 0 Å². The number of rotatable bonds is 2. The molecule has 1 rings (SSSR count). The second kappa shape index (κ2) is 3.81. The van der Waals surface area contributed by atoms with E-state index < -0.39 is 8.25 Å². The van der Waals surface area contributed by atoms with E-state index in [-0.39, 0.29) is 0 Å². The minimum Gasteiger partial charge on any atom is -0.229 e. The van der Waals surface area contributed by atoms with Gasteiger partial charge in [0, 0.05) is 9.04 Å². The highest BCUT2D eigenvalue weighted by molar-refractivity contribution is 9.10. The fourth-order valence-corrected chi connectivity index (χ4v) is 1.15. The Balaban J connectivity index is 2.74. The van der Waals surface area contributed by atoms with Crippen LogP contribution in [0.4, 0.5) is 0 Å². The maximum Gasteiger partial charge on any atom is 0.747 e. The Kier molecular flexibility index (Phi) is 3.00. The summed E-state index contributed by atoms with van der Waals surface area (Å²) in [6.07, 6.45) is 0. The molecule has 0 aromatic heterocycles. The van der Waals surface area contributed by atoms with E-state index in [1.165, 1.54) is 0 Å². The maximum absolute atomic E-state index is 10.2. The summed E-state index contributed by atoms with van der Waals surface area (Å²) >= 11 is 3.22. The first-order valence-corrected chi connectivity index (χ1v) is 4.70. The second-order valence-electron chi connectivity index (χ2n) is 1.78. The first-order valence-electron chi connectivity index (χ1n) is 2.78. The van der Waals surface area contributed by atoms with Gasteiger partial charge in [0.25, 0.3) is 0 Å². The van der Waals surface area contributed by atoms with Gasteiger partial charge in [-0.3, -0.25) is 0 Å². The molecule has 0 saturated carbocycles. The minimum absolute atomic E-state index is 0.386. The van der Waals surface area contributed by atoms with Crippen LogP contribution in [0.3, 0.4) is 0 Å². The van der Waals surface area contributed by atoms with E-state index >= 15 is 0 Å². The molecule has 0 heterocycles. The summed E-state index contributed by atoms with van der Waals surface area (Å²) in [5.41, 5.74) is 0. The molecule has 0 fully saturated rings. The third kappa shape index (κ3) is 2.97. The van der Waals surface area contributed by atoms with Crippen LogP contribution in [-0.4, -0.2) is 4.89 Å². The number of hydrogen-bond donors (Lipinski definition) is 1. The highest BCUT2D eigenvalue weighted by Gasteiger charge is 2.12. The Morgan fingerprint density at radius 1 is 1.36 bits per heavy atom. The second-order valence-corrected chi connectivity index (χ2v) is 3.36. The van der Waals surface area contributed by atoms with Crippen molar-refractivity contribution in [2.75, 3.05) is 0 Å². The molecular weight excluding hydrogens is 231 g/mol. The molecule has 0 bridgehead atoms. The van der Waals surface area contributed by atoms with Gasteiger partial charge in [-0.2, -0.15) is 0 Å². The van der Waals surface area contributed by atoms with Gasteiger partial charge in [-0.25, -0.2) is 4.52 Å². The fourth-order valence-electron chi connectivity index (χ4n) is 0.586. The van der Waals surface area contributed by atoms with Crippen molar-refractivity contribution in [1.82, 2.24) is 0 Å². The third-order valence-electron chi connectivity index (χ3n) is 0.997. The normalized spacial score (nSPS) is 10.9. The van der Waals surface area contributed by atoms with Gasteiger partial charge in [0.2, 0.25) is 0 Å². The van der Waals surface area contributed by atoms with Crippen LogP contribution in [0.15, 0.2) is 28.7 Å². The summed E-state index contributed by atoms with van der Waals surface area (Å²) in [5, 5.41) is 0. The van der Waals surface area contributed by atoms with Crippen molar-refractivity contribution in [3.63, 3.8) is 0 Å². The molecule has 1 unspecified atom stereocenters. The van der Waals surface area contributed by atoms with E-state index in [2.05, 4.69) is 20.5 Å². The Morgan fingerprint density at radius 3 is 2.36 bits per heavy atom. The van der Waals surface area contributed by atoms with Gasteiger partial charge in [-0.1, -0.05) is 15.9 Å². The van der Waals surface area contributed by atoms with E-state index in [1.54, 1.807) is 24.3 Å². The fraction of sp³-hybridized carbons (Fsp3) is 0. The summed E-state index contributed by atoms with van der Waals surface area (Å²) in [6.45, 7) is 0. The Hall–Kier alpha value is -0.440. The van der Waals surface area contributed by atoms with Crippen molar-refractivity contribution in [2.24, 2.45) is 0 Å². The molecule has 58 valence electrons. The van der Waals surface area contributed by atoms with E-state index in [0.717, 1.165) is 4.47 Å². The predicted octanol–water partition coefficient (Wildman–Crippen LogP) is 2.48. The monoisotopic (exact) mass is 235 g/mol. The molecule has 0 aliphatic carbocycles. The first-order chi connectivity index (χ1) is 5.18. The lowest BCUT2D eigenvalue weighted by atomic mass is 10.3. The van der Waals surface area contributed by atoms with Gasteiger partial charge < -0.3 is 0 Å². The lowest BCUT2D eigenvalue weighted by molar-refractivity contribution is 0.410. The number of hydrogen-bond acceptors (Lipinski definition) is 2. The van der Waals surface area contributed by atoms with Gasteiger partial charge in [0.05, 0.1) is 0 Å². The molecule has 11 heavy (non-hydrogen) atoms. The summed E-state index contributed by atoms with van der Waals surface area (Å²) in [4.78, 5) is 8.35. The molecule has 0 aliphatic rings. The van der Waals surface area contributed by atoms with E-state index in [0.29, 0.717) is 5.75 Å². The van der Waals surface area contributed by atoms with Crippen LogP contribution in [0.1, 0.15) is 0 Å². The predicted molar refractivity (Wildman–Crippen MR) is 44.6 cm³/mol. The van der Waals surface area contributed by atoms with Crippen LogP contribution in [0.5, 0.6) is 5.75 Å². The lowest BCUT2D eigenvalue weighted by Gasteiger charge is -1.89. The van der Waals surface area contributed by atoms with E-state index in [4.69, 9.17) is 4.89 Å². The van der Waals surface area contributed by atoms with Crippen molar-refractivity contribution in [3.8, 4) is 5.75 Å². The molecule has 1 N–H and O–H groups in total. The quantitative estimate of drug-likeness (QED) is 0.802. The number of halogens is 1. The minimum atomic E-state index is -2.55. The van der Waals surface area contributed by atoms with Crippen LogP contribution in [0.2, 0.25) is 0 Å². The zero-order valence-electron chi connectivity index (χ0n) is 5.40. The highest BCUT2D eigenvalue weighted by Crippen LogP contribution is 2.23. The van der Waals surface area contributed by atoms with E-state index in [9.17, 15) is 4.57 Å². The summed E-state index contributed by atoms with van der Waals surface area (Å²) in [5.74, 6) is 0.386. The summed E-state index contributed by atoms with van der Waals surface area (Å²) < 4.78 is 15.6. The van der Waals surface area contributed by atoms with Crippen LogP contribution < -0.4 is 4.52 Å². The standard InChI is InChI=1S/C6H4BrO3P/c7-5-1-3-6(4-2-5)10-11(8)9/h1-4H/p+1. The molecule has 0 aliphatic heterocycles. The van der Waals surface area contributed by atoms with Crippen molar-refractivity contribution < 1.29 is 14.0 Å². The van der Waals surface area contributed by atoms with Gasteiger partial charge in [0.1, 0.15) is 0 Å². The van der Waals surface area contributed by atoms with Crippen LogP contribution >= 0.6 is 24.2 Å². The average molecular weight is 236 g/mol. The maximum atomic E-state index is 10.2. The van der Waals surface area contributed by atoms with Crippen molar-refractivity contribution >= 4 is 24.2 Å². The largest absolute Gasteiger partial charge is 0.747 e. The highest BCUT2D eigenvalue weighted by atomic mass is 79.9. The molecule has 5 heteroatoms. The Bertz CT molecular complexity index is 259. The Morgan fingerprint density at radius 2 is 1.91 bits per heavy atom. The van der Waals surface area contributed by atoms with Gasteiger partial charge >= 0.3 is 8.25 Å². The molecular formula is C6H5BrO3P+. The van der Waals surface area contributed by atoms with Crippen molar-refractivity contribution in [3.05, 3.63) is 28.7 Å². The van der Waals surface area contributed by atoms with Gasteiger partial charge in [-0.05, 0) is 24.3 Å². The molecule has 0 saturated heterocycles. The topological polar surface area (TPSA) is 46.5 Å². The molecule has 0 radical (unpaired) electrons. The molecule has 0 amide bonds. The van der Waals surface area contributed by atoms with E-state index in [1.807, 2.05) is 0 Å². The summed E-state index contributed by atoms with van der Waals surface area (Å²) in [6, 6.07) is 6.67. The SMILES string of the molecule is O=[P+](O)Oc1ccc(Br)cc1. The molecule has 0 spiro atoms. The molecule has 1 aromatic rings. The van der Waals surface area contributed by atoms with Crippen LogP contribution in [-0.2, 0) is 4.57 Å². The third-order valence-corrected chi connectivity index (χ3v) is 1.89. The first kappa shape index (κ1) is 8.65. The lowest BCUT2D eigenvalue weighted by Crippen LogP contribution is -1.78. The molecule has 1 aromatic carbocycles. The van der Waals surface area contributed by atoms with Crippen molar-refractivity contribution in [2.45, 2.75) is 0 Å². The molecule has 1 atom stereocenters. The smallest absolute Gasteiger partial charge is 0.229 e. The van der Waals surface area contributed by atoms with Crippen molar-refractivity contribution in [1.29, 1.82) is 0 Å². The number of benzene rings is 1. The van der Waals surface area contributed by atoms with Gasteiger partial charge in [0.15, 0.2) is 5.75 Å². The van der Waals surface area contributed by atoms with Gasteiger partial charge in [-0.15, -0.1) is 4.89 Å². The molecule has 3 nitrogen and oxygen atoms in total. The zero-order chi connectivity index (χ0) is 8.27. The average Bonchev–Trinajstić information content (AvgIpc) is 1.93. The van der Waals surface area contributed by atoms with Crippen LogP contribution in [0, 0.1) is 0 Å².